The van der Waals surface area contributed by atoms with Crippen LogP contribution in [0.2, 0.25) is 5.02 Å². The first kappa shape index (κ1) is 18.6. The molecule has 4 nitrogen and oxygen atoms in total. The van der Waals surface area contributed by atoms with Gasteiger partial charge in [0, 0.05) is 30.3 Å². The summed E-state index contributed by atoms with van der Waals surface area (Å²) in [4.78, 5) is 14.6. The minimum atomic E-state index is -0.535. The summed E-state index contributed by atoms with van der Waals surface area (Å²) >= 11 is 5.85. The van der Waals surface area contributed by atoms with E-state index in [-0.39, 0.29) is 5.91 Å². The lowest BCUT2D eigenvalue weighted by Gasteiger charge is -2.31. The van der Waals surface area contributed by atoms with Crippen molar-refractivity contribution in [2.45, 2.75) is 32.3 Å². The van der Waals surface area contributed by atoms with Crippen LogP contribution in [-0.4, -0.2) is 31.6 Å². The summed E-state index contributed by atoms with van der Waals surface area (Å²) in [5.74, 6) is 0.543. The Bertz CT molecular complexity index is 733. The number of hydrogen-bond acceptors (Lipinski definition) is 3. The fourth-order valence-corrected chi connectivity index (χ4v) is 3.37. The molecule has 2 aromatic carbocycles. The number of ether oxygens (including phenoxy) is 1. The number of carbonyl (C=O) groups excluding carboxylic acids is 1. The third kappa shape index (κ3) is 4.92. The van der Waals surface area contributed by atoms with Gasteiger partial charge in [-0.2, -0.15) is 0 Å². The van der Waals surface area contributed by atoms with E-state index in [1.165, 1.54) is 17.7 Å². The number of rotatable bonds is 7. The minimum Gasteiger partial charge on any atom is -0.481 e. The van der Waals surface area contributed by atoms with E-state index in [9.17, 15) is 4.79 Å². The van der Waals surface area contributed by atoms with Crippen molar-refractivity contribution < 1.29 is 9.53 Å². The van der Waals surface area contributed by atoms with E-state index >= 15 is 0 Å². The van der Waals surface area contributed by atoms with Crippen molar-refractivity contribution in [3.8, 4) is 5.75 Å². The second-order valence-corrected chi connectivity index (χ2v) is 7.01. The number of fused-ring (bicyclic) bond motifs is 1. The molecule has 2 aromatic rings. The van der Waals surface area contributed by atoms with Crippen molar-refractivity contribution >= 4 is 23.2 Å². The van der Waals surface area contributed by atoms with Crippen LogP contribution in [0.25, 0.3) is 0 Å². The number of benzene rings is 2. The first-order valence-electron chi connectivity index (χ1n) is 9.16. The normalized spacial score (nSPS) is 14.5. The fraction of sp³-hybridized carbons (Fsp3) is 0.381. The molecule has 1 amide bonds. The Morgan fingerprint density at radius 1 is 1.23 bits per heavy atom. The van der Waals surface area contributed by atoms with Gasteiger partial charge in [0.1, 0.15) is 5.75 Å². The largest absolute Gasteiger partial charge is 0.481 e. The lowest BCUT2D eigenvalue weighted by atomic mass is 10.0. The van der Waals surface area contributed by atoms with Crippen molar-refractivity contribution in [2.75, 3.05) is 24.5 Å². The monoisotopic (exact) mass is 372 g/mol. The quantitative estimate of drug-likeness (QED) is 0.745. The Morgan fingerprint density at radius 3 is 2.81 bits per heavy atom. The molecule has 3 rings (SSSR count). The van der Waals surface area contributed by atoms with Gasteiger partial charge in [-0.3, -0.25) is 4.79 Å². The topological polar surface area (TPSA) is 41.6 Å². The highest BCUT2D eigenvalue weighted by Gasteiger charge is 2.17. The Labute approximate surface area is 160 Å². The highest BCUT2D eigenvalue weighted by molar-refractivity contribution is 6.30. The van der Waals surface area contributed by atoms with E-state index in [1.54, 1.807) is 31.2 Å². The minimum absolute atomic E-state index is 0.0982. The molecule has 0 aliphatic carbocycles. The van der Waals surface area contributed by atoms with Crippen LogP contribution >= 0.6 is 11.6 Å². The molecule has 138 valence electrons. The number of aryl methyl sites for hydroxylation is 1. The van der Waals surface area contributed by atoms with Gasteiger partial charge in [0.05, 0.1) is 0 Å². The van der Waals surface area contributed by atoms with Crippen LogP contribution < -0.4 is 15.0 Å². The fourth-order valence-electron chi connectivity index (χ4n) is 3.24. The standard InChI is InChI=1S/C21H25ClN2O2/c1-16(26-19-11-9-18(22)10-12-19)21(25)23-13-5-15-24-14-4-7-17-6-2-3-8-20(17)24/h2-3,6,8-12,16H,4-5,7,13-15H2,1H3,(H,23,25)/t16-/m1/s1. The molecule has 0 fully saturated rings. The van der Waals surface area contributed by atoms with Crippen molar-refractivity contribution in [3.05, 3.63) is 59.1 Å². The lowest BCUT2D eigenvalue weighted by Crippen LogP contribution is -2.38. The molecule has 1 heterocycles. The third-order valence-electron chi connectivity index (χ3n) is 4.61. The molecule has 0 bridgehead atoms. The predicted molar refractivity (Wildman–Crippen MR) is 106 cm³/mol. The van der Waals surface area contributed by atoms with E-state index in [1.807, 2.05) is 0 Å². The Balaban J connectivity index is 1.41. The first-order valence-corrected chi connectivity index (χ1v) is 9.54. The van der Waals surface area contributed by atoms with Gasteiger partial charge in [0.2, 0.25) is 0 Å². The van der Waals surface area contributed by atoms with Gasteiger partial charge in [-0.1, -0.05) is 29.8 Å². The Kier molecular flexibility index (Phi) is 6.40. The van der Waals surface area contributed by atoms with Gasteiger partial charge < -0.3 is 15.0 Å². The Morgan fingerprint density at radius 2 is 2.00 bits per heavy atom. The number of amides is 1. The summed E-state index contributed by atoms with van der Waals surface area (Å²) < 4.78 is 5.64. The molecule has 0 saturated heterocycles. The number of anilines is 1. The van der Waals surface area contributed by atoms with Crippen LogP contribution in [0.5, 0.6) is 5.75 Å². The molecule has 1 N–H and O–H groups in total. The number of hydrogen-bond donors (Lipinski definition) is 1. The molecule has 5 heteroatoms. The summed E-state index contributed by atoms with van der Waals surface area (Å²) in [5, 5.41) is 3.61. The summed E-state index contributed by atoms with van der Waals surface area (Å²) in [6.45, 7) is 4.43. The summed E-state index contributed by atoms with van der Waals surface area (Å²) in [6.07, 6.45) is 2.72. The predicted octanol–water partition coefficient (Wildman–Crippen LogP) is 4.07. The smallest absolute Gasteiger partial charge is 0.260 e. The van der Waals surface area contributed by atoms with E-state index in [2.05, 4.69) is 34.5 Å². The van der Waals surface area contributed by atoms with Crippen LogP contribution in [0.1, 0.15) is 25.3 Å². The number of carbonyl (C=O) groups is 1. The molecular formula is C21H25ClN2O2. The average Bonchev–Trinajstić information content (AvgIpc) is 2.67. The molecule has 0 spiro atoms. The van der Waals surface area contributed by atoms with Crippen molar-refractivity contribution in [3.63, 3.8) is 0 Å². The number of nitrogens with zero attached hydrogens (tertiary/aromatic N) is 1. The third-order valence-corrected chi connectivity index (χ3v) is 4.86. The SMILES string of the molecule is C[C@@H](Oc1ccc(Cl)cc1)C(=O)NCCCN1CCCc2ccccc21. The number of nitrogens with one attached hydrogen (secondary N) is 1. The molecule has 26 heavy (non-hydrogen) atoms. The summed E-state index contributed by atoms with van der Waals surface area (Å²) in [7, 11) is 0. The zero-order chi connectivity index (χ0) is 18.4. The van der Waals surface area contributed by atoms with E-state index < -0.39 is 6.10 Å². The second-order valence-electron chi connectivity index (χ2n) is 6.58. The lowest BCUT2D eigenvalue weighted by molar-refractivity contribution is -0.127. The highest BCUT2D eigenvalue weighted by atomic mass is 35.5. The van der Waals surface area contributed by atoms with Crippen molar-refractivity contribution in [1.82, 2.24) is 5.32 Å². The number of halogens is 1. The van der Waals surface area contributed by atoms with Gasteiger partial charge in [-0.15, -0.1) is 0 Å². The van der Waals surface area contributed by atoms with Crippen molar-refractivity contribution in [1.29, 1.82) is 0 Å². The van der Waals surface area contributed by atoms with Gasteiger partial charge in [-0.05, 0) is 62.1 Å². The zero-order valence-electron chi connectivity index (χ0n) is 15.1. The van der Waals surface area contributed by atoms with Crippen LogP contribution in [0.3, 0.4) is 0 Å². The maximum absolute atomic E-state index is 12.2. The van der Waals surface area contributed by atoms with Gasteiger partial charge in [-0.25, -0.2) is 0 Å². The molecule has 0 saturated carbocycles. The average molecular weight is 373 g/mol. The van der Waals surface area contributed by atoms with E-state index in [0.29, 0.717) is 17.3 Å². The first-order chi connectivity index (χ1) is 12.6. The summed E-state index contributed by atoms with van der Waals surface area (Å²) in [5.41, 5.74) is 2.76. The van der Waals surface area contributed by atoms with Crippen LogP contribution in [-0.2, 0) is 11.2 Å². The second kappa shape index (κ2) is 8.95. The number of para-hydroxylation sites is 1. The summed E-state index contributed by atoms with van der Waals surface area (Å²) in [6, 6.07) is 15.6. The van der Waals surface area contributed by atoms with E-state index in [0.717, 1.165) is 25.9 Å². The molecule has 0 aromatic heterocycles. The van der Waals surface area contributed by atoms with Gasteiger partial charge >= 0.3 is 0 Å². The van der Waals surface area contributed by atoms with Crippen LogP contribution in [0.4, 0.5) is 5.69 Å². The molecule has 0 unspecified atom stereocenters. The molecule has 1 aliphatic heterocycles. The van der Waals surface area contributed by atoms with Crippen LogP contribution in [0.15, 0.2) is 48.5 Å². The maximum atomic E-state index is 12.2. The van der Waals surface area contributed by atoms with Gasteiger partial charge in [0.25, 0.3) is 5.91 Å². The molecule has 1 aliphatic rings. The van der Waals surface area contributed by atoms with E-state index in [4.69, 9.17) is 16.3 Å². The maximum Gasteiger partial charge on any atom is 0.260 e. The molecule has 0 radical (unpaired) electrons. The highest BCUT2D eigenvalue weighted by Crippen LogP contribution is 2.26. The van der Waals surface area contributed by atoms with Crippen molar-refractivity contribution in [2.24, 2.45) is 0 Å². The molecular weight excluding hydrogens is 348 g/mol. The van der Waals surface area contributed by atoms with Gasteiger partial charge in [0.15, 0.2) is 6.10 Å². The zero-order valence-corrected chi connectivity index (χ0v) is 15.8. The Hall–Kier alpha value is -2.20. The van der Waals surface area contributed by atoms with Crippen LogP contribution in [0, 0.1) is 0 Å². The molecule has 1 atom stereocenters.